The first-order chi connectivity index (χ1) is 5.20. The lowest BCUT2D eigenvalue weighted by Gasteiger charge is -2.09. The fourth-order valence-corrected chi connectivity index (χ4v) is 1.70. The predicted molar refractivity (Wildman–Crippen MR) is 44.4 cm³/mol. The summed E-state index contributed by atoms with van der Waals surface area (Å²) < 4.78 is 5.50. The van der Waals surface area contributed by atoms with Gasteiger partial charge < -0.3 is 9.84 Å². The minimum atomic E-state index is -0.0417. The summed E-state index contributed by atoms with van der Waals surface area (Å²) >= 11 is 0. The summed E-state index contributed by atoms with van der Waals surface area (Å²) in [6, 6.07) is 0. The first-order valence-corrected chi connectivity index (χ1v) is 4.16. The fraction of sp³-hybridized carbons (Fsp3) is 0.778. The van der Waals surface area contributed by atoms with Gasteiger partial charge >= 0.3 is 0 Å². The van der Waals surface area contributed by atoms with Gasteiger partial charge in [0.15, 0.2) is 0 Å². The molecular formula is C9H16O2. The third-order valence-corrected chi connectivity index (χ3v) is 2.40. The second kappa shape index (κ2) is 3.37. The number of aliphatic hydroxyl groups is 1. The van der Waals surface area contributed by atoms with Gasteiger partial charge in [-0.3, -0.25) is 0 Å². The van der Waals surface area contributed by atoms with Crippen LogP contribution < -0.4 is 0 Å². The third-order valence-electron chi connectivity index (χ3n) is 2.40. The van der Waals surface area contributed by atoms with Crippen molar-refractivity contribution < 1.29 is 9.84 Å². The van der Waals surface area contributed by atoms with Crippen LogP contribution in [0.5, 0.6) is 0 Å². The highest BCUT2D eigenvalue weighted by Crippen LogP contribution is 2.28. The van der Waals surface area contributed by atoms with Crippen LogP contribution in [0, 0.1) is 0 Å². The van der Waals surface area contributed by atoms with Crippen LogP contribution in [0.4, 0.5) is 0 Å². The summed E-state index contributed by atoms with van der Waals surface area (Å²) in [6.07, 6.45) is 1.20. The summed E-state index contributed by atoms with van der Waals surface area (Å²) in [5, 5.41) is 8.91. The molecule has 1 aliphatic rings. The molecule has 0 bridgehead atoms. The van der Waals surface area contributed by atoms with E-state index in [0.29, 0.717) is 0 Å². The van der Waals surface area contributed by atoms with E-state index in [2.05, 4.69) is 6.92 Å². The molecule has 0 aromatic heterocycles. The van der Waals surface area contributed by atoms with Gasteiger partial charge in [-0.05, 0) is 31.4 Å². The van der Waals surface area contributed by atoms with E-state index in [-0.39, 0.29) is 18.8 Å². The first-order valence-electron chi connectivity index (χ1n) is 4.16. The summed E-state index contributed by atoms with van der Waals surface area (Å²) in [4.78, 5) is 0. The number of hydrogen-bond acceptors (Lipinski definition) is 2. The topological polar surface area (TPSA) is 29.5 Å². The molecule has 11 heavy (non-hydrogen) atoms. The molecule has 1 N–H and O–H groups in total. The molecule has 0 spiro atoms. The Kier molecular flexibility index (Phi) is 2.68. The summed E-state index contributed by atoms with van der Waals surface area (Å²) in [7, 11) is 0. The maximum absolute atomic E-state index is 8.91. The Hall–Kier alpha value is -0.340. The van der Waals surface area contributed by atoms with Crippen molar-refractivity contribution in [1.29, 1.82) is 0 Å². The van der Waals surface area contributed by atoms with Gasteiger partial charge in [0.1, 0.15) is 6.10 Å². The molecule has 64 valence electrons. The van der Waals surface area contributed by atoms with Gasteiger partial charge in [0, 0.05) is 0 Å². The summed E-state index contributed by atoms with van der Waals surface area (Å²) in [5.41, 5.74) is 2.58. The SMILES string of the molecule is CCC1=C(C)C(CO)OC1C. The Morgan fingerprint density at radius 2 is 2.18 bits per heavy atom. The quantitative estimate of drug-likeness (QED) is 0.614. The Bertz CT molecular complexity index is 172. The lowest BCUT2D eigenvalue weighted by atomic mass is 10.0. The van der Waals surface area contributed by atoms with Crippen LogP contribution >= 0.6 is 0 Å². The van der Waals surface area contributed by atoms with Crippen molar-refractivity contribution in [2.24, 2.45) is 0 Å². The summed E-state index contributed by atoms with van der Waals surface area (Å²) in [5.74, 6) is 0. The minimum Gasteiger partial charge on any atom is -0.393 e. The van der Waals surface area contributed by atoms with Gasteiger partial charge in [-0.2, -0.15) is 0 Å². The van der Waals surface area contributed by atoms with Gasteiger partial charge in [0.25, 0.3) is 0 Å². The highest BCUT2D eigenvalue weighted by molar-refractivity contribution is 5.24. The molecule has 0 fully saturated rings. The molecular weight excluding hydrogens is 140 g/mol. The fourth-order valence-electron chi connectivity index (χ4n) is 1.70. The van der Waals surface area contributed by atoms with Crippen LogP contribution in [0.2, 0.25) is 0 Å². The van der Waals surface area contributed by atoms with Crippen molar-refractivity contribution in [2.45, 2.75) is 39.4 Å². The molecule has 0 amide bonds. The molecule has 0 saturated heterocycles. The Balaban J connectivity index is 2.76. The van der Waals surface area contributed by atoms with E-state index in [0.717, 1.165) is 6.42 Å². The molecule has 0 aromatic rings. The van der Waals surface area contributed by atoms with E-state index >= 15 is 0 Å². The molecule has 0 saturated carbocycles. The predicted octanol–water partition coefficient (Wildman–Crippen LogP) is 1.49. The van der Waals surface area contributed by atoms with Crippen LogP contribution in [-0.4, -0.2) is 23.9 Å². The number of ether oxygens (including phenoxy) is 1. The van der Waals surface area contributed by atoms with E-state index < -0.39 is 0 Å². The van der Waals surface area contributed by atoms with E-state index in [1.165, 1.54) is 11.1 Å². The Labute approximate surface area is 67.9 Å². The van der Waals surface area contributed by atoms with E-state index in [1.54, 1.807) is 0 Å². The maximum atomic E-state index is 8.91. The Morgan fingerprint density at radius 3 is 2.45 bits per heavy atom. The molecule has 2 unspecified atom stereocenters. The molecule has 2 heteroatoms. The van der Waals surface area contributed by atoms with Crippen molar-refractivity contribution in [3.8, 4) is 0 Å². The van der Waals surface area contributed by atoms with E-state index in [4.69, 9.17) is 9.84 Å². The molecule has 0 aromatic carbocycles. The van der Waals surface area contributed by atoms with Crippen molar-refractivity contribution in [3.05, 3.63) is 11.1 Å². The minimum absolute atomic E-state index is 0.0417. The standard InChI is InChI=1S/C9H16O2/c1-4-8-6(2)9(5-10)11-7(8)3/h7,9-10H,4-5H2,1-3H3. The van der Waals surface area contributed by atoms with E-state index in [9.17, 15) is 0 Å². The molecule has 2 nitrogen and oxygen atoms in total. The zero-order chi connectivity index (χ0) is 8.43. The first kappa shape index (κ1) is 8.75. The second-order valence-corrected chi connectivity index (χ2v) is 3.01. The zero-order valence-electron chi connectivity index (χ0n) is 7.42. The summed E-state index contributed by atoms with van der Waals surface area (Å²) in [6.45, 7) is 6.32. The van der Waals surface area contributed by atoms with Crippen molar-refractivity contribution >= 4 is 0 Å². The molecule has 0 radical (unpaired) electrons. The second-order valence-electron chi connectivity index (χ2n) is 3.01. The van der Waals surface area contributed by atoms with Gasteiger partial charge in [0.05, 0.1) is 12.7 Å². The average molecular weight is 156 g/mol. The Morgan fingerprint density at radius 1 is 1.55 bits per heavy atom. The van der Waals surface area contributed by atoms with Crippen LogP contribution in [0.25, 0.3) is 0 Å². The molecule has 1 aliphatic heterocycles. The number of aliphatic hydroxyl groups excluding tert-OH is 1. The normalized spacial score (nSPS) is 31.6. The smallest absolute Gasteiger partial charge is 0.102 e. The van der Waals surface area contributed by atoms with Crippen LogP contribution in [0.15, 0.2) is 11.1 Å². The van der Waals surface area contributed by atoms with Gasteiger partial charge in [0.2, 0.25) is 0 Å². The highest BCUT2D eigenvalue weighted by Gasteiger charge is 2.26. The van der Waals surface area contributed by atoms with Gasteiger partial charge in [-0.1, -0.05) is 6.92 Å². The van der Waals surface area contributed by atoms with Gasteiger partial charge in [-0.25, -0.2) is 0 Å². The number of hydrogen-bond donors (Lipinski definition) is 1. The average Bonchev–Trinajstić information content (AvgIpc) is 2.26. The van der Waals surface area contributed by atoms with Crippen LogP contribution in [0.1, 0.15) is 27.2 Å². The monoisotopic (exact) mass is 156 g/mol. The van der Waals surface area contributed by atoms with Gasteiger partial charge in [-0.15, -0.1) is 0 Å². The van der Waals surface area contributed by atoms with E-state index in [1.807, 2.05) is 13.8 Å². The zero-order valence-corrected chi connectivity index (χ0v) is 7.42. The maximum Gasteiger partial charge on any atom is 0.102 e. The molecule has 1 rings (SSSR count). The van der Waals surface area contributed by atoms with Crippen LogP contribution in [-0.2, 0) is 4.74 Å². The lowest BCUT2D eigenvalue weighted by Crippen LogP contribution is -2.16. The molecule has 0 aliphatic carbocycles. The van der Waals surface area contributed by atoms with Crippen molar-refractivity contribution in [2.75, 3.05) is 6.61 Å². The largest absolute Gasteiger partial charge is 0.393 e. The molecule has 2 atom stereocenters. The van der Waals surface area contributed by atoms with Crippen molar-refractivity contribution in [1.82, 2.24) is 0 Å². The highest BCUT2D eigenvalue weighted by atomic mass is 16.5. The molecule has 1 heterocycles. The number of rotatable bonds is 2. The lowest BCUT2D eigenvalue weighted by molar-refractivity contribution is 0.0263. The third kappa shape index (κ3) is 1.47. The van der Waals surface area contributed by atoms with Crippen molar-refractivity contribution in [3.63, 3.8) is 0 Å². The van der Waals surface area contributed by atoms with Crippen LogP contribution in [0.3, 0.4) is 0 Å².